The minimum atomic E-state index is -1.05. The van der Waals surface area contributed by atoms with Gasteiger partial charge in [-0.1, -0.05) is 5.21 Å². The van der Waals surface area contributed by atoms with Crippen LogP contribution in [0.25, 0.3) is 0 Å². The molecule has 2 rings (SSSR count). The van der Waals surface area contributed by atoms with Crippen molar-refractivity contribution >= 4 is 11.9 Å². The van der Waals surface area contributed by atoms with Crippen LogP contribution < -0.4 is 5.32 Å². The van der Waals surface area contributed by atoms with E-state index < -0.39 is 11.9 Å². The first-order valence-corrected chi connectivity index (χ1v) is 5.45. The molecule has 0 bridgehead atoms. The second-order valence-electron chi connectivity index (χ2n) is 3.90. The summed E-state index contributed by atoms with van der Waals surface area (Å²) in [6.45, 7) is 1.83. The lowest BCUT2D eigenvalue weighted by molar-refractivity contribution is -0.137. The molecular weight excluding hydrogens is 252 g/mol. The Morgan fingerprint density at radius 2 is 2.32 bits per heavy atom. The number of nitrogens with zero attached hydrogens (tertiary/aromatic N) is 4. The number of aromatic nitrogens is 5. The molecule has 0 aliphatic carbocycles. The summed E-state index contributed by atoms with van der Waals surface area (Å²) in [4.78, 5) is 22.2. The molecule has 0 spiro atoms. The van der Waals surface area contributed by atoms with Crippen LogP contribution in [0.2, 0.25) is 0 Å². The van der Waals surface area contributed by atoms with Crippen LogP contribution in [0.1, 0.15) is 21.7 Å². The maximum Gasteiger partial charge on any atom is 0.325 e. The number of carbonyl (C=O) groups excluding carboxylic acids is 1. The van der Waals surface area contributed by atoms with Gasteiger partial charge < -0.3 is 10.4 Å². The van der Waals surface area contributed by atoms with E-state index in [1.807, 2.05) is 6.92 Å². The Labute approximate surface area is 107 Å². The van der Waals surface area contributed by atoms with Gasteiger partial charge >= 0.3 is 5.97 Å². The standard InChI is InChI=1S/C10H12N6O3/c1-6-7(3-12-13-6)2-11-10(19)8-4-16(15-14-8)5-9(17)18/h3-4H,2,5H2,1H3,(H,11,19)(H,12,13)(H,17,18). The smallest absolute Gasteiger partial charge is 0.325 e. The number of hydrogen-bond acceptors (Lipinski definition) is 5. The van der Waals surface area contributed by atoms with E-state index in [4.69, 9.17) is 5.11 Å². The van der Waals surface area contributed by atoms with Crippen LogP contribution in [0, 0.1) is 6.92 Å². The molecule has 0 fully saturated rings. The molecule has 19 heavy (non-hydrogen) atoms. The van der Waals surface area contributed by atoms with Crippen molar-refractivity contribution in [2.45, 2.75) is 20.0 Å². The molecule has 0 saturated carbocycles. The Kier molecular flexibility index (Phi) is 3.55. The van der Waals surface area contributed by atoms with E-state index >= 15 is 0 Å². The van der Waals surface area contributed by atoms with Gasteiger partial charge in [-0.15, -0.1) is 5.10 Å². The summed E-state index contributed by atoms with van der Waals surface area (Å²) in [6, 6.07) is 0. The minimum absolute atomic E-state index is 0.0717. The normalized spacial score (nSPS) is 10.4. The average Bonchev–Trinajstić information content (AvgIpc) is 2.95. The van der Waals surface area contributed by atoms with E-state index in [1.54, 1.807) is 6.20 Å². The number of aliphatic carboxylic acids is 1. The van der Waals surface area contributed by atoms with E-state index in [0.717, 1.165) is 15.9 Å². The van der Waals surface area contributed by atoms with E-state index in [-0.39, 0.29) is 12.2 Å². The minimum Gasteiger partial charge on any atom is -0.480 e. The van der Waals surface area contributed by atoms with Crippen LogP contribution in [0.5, 0.6) is 0 Å². The highest BCUT2D eigenvalue weighted by Gasteiger charge is 2.12. The van der Waals surface area contributed by atoms with E-state index in [9.17, 15) is 9.59 Å². The van der Waals surface area contributed by atoms with Gasteiger partial charge in [0.15, 0.2) is 5.69 Å². The number of rotatable bonds is 5. The Hall–Kier alpha value is -2.71. The third-order valence-electron chi connectivity index (χ3n) is 2.44. The zero-order valence-corrected chi connectivity index (χ0v) is 10.1. The predicted octanol–water partition coefficient (Wildman–Crippen LogP) is -0.676. The van der Waals surface area contributed by atoms with Gasteiger partial charge in [0.05, 0.1) is 12.4 Å². The molecule has 1 amide bonds. The molecular formula is C10H12N6O3. The fourth-order valence-electron chi connectivity index (χ4n) is 1.44. The molecule has 3 N–H and O–H groups in total. The van der Waals surface area contributed by atoms with Crippen molar-refractivity contribution in [1.82, 2.24) is 30.5 Å². The molecule has 0 atom stereocenters. The van der Waals surface area contributed by atoms with Gasteiger partial charge in [-0.05, 0) is 6.92 Å². The molecule has 2 aromatic rings. The molecule has 2 aromatic heterocycles. The van der Waals surface area contributed by atoms with Gasteiger partial charge in [0.1, 0.15) is 6.54 Å². The maximum absolute atomic E-state index is 11.7. The zero-order chi connectivity index (χ0) is 13.8. The number of aromatic amines is 1. The van der Waals surface area contributed by atoms with E-state index in [1.165, 1.54) is 6.20 Å². The van der Waals surface area contributed by atoms with Crippen LogP contribution in [0.3, 0.4) is 0 Å². The first-order valence-electron chi connectivity index (χ1n) is 5.45. The monoisotopic (exact) mass is 264 g/mol. The van der Waals surface area contributed by atoms with Gasteiger partial charge in [-0.25, -0.2) is 4.68 Å². The summed E-state index contributed by atoms with van der Waals surface area (Å²) in [5.74, 6) is -1.47. The molecule has 0 aromatic carbocycles. The van der Waals surface area contributed by atoms with Crippen LogP contribution in [0.4, 0.5) is 0 Å². The lowest BCUT2D eigenvalue weighted by Crippen LogP contribution is -2.23. The number of carbonyl (C=O) groups is 2. The van der Waals surface area contributed by atoms with Crippen LogP contribution in [-0.4, -0.2) is 42.2 Å². The van der Waals surface area contributed by atoms with Crippen molar-refractivity contribution in [3.8, 4) is 0 Å². The summed E-state index contributed by atoms with van der Waals surface area (Å²) >= 11 is 0. The van der Waals surface area contributed by atoms with Gasteiger partial charge in [0.25, 0.3) is 5.91 Å². The highest BCUT2D eigenvalue weighted by Crippen LogP contribution is 2.02. The van der Waals surface area contributed by atoms with Crippen molar-refractivity contribution in [3.63, 3.8) is 0 Å². The van der Waals surface area contributed by atoms with Crippen molar-refractivity contribution in [3.05, 3.63) is 29.3 Å². The fraction of sp³-hybridized carbons (Fsp3) is 0.300. The van der Waals surface area contributed by atoms with Crippen LogP contribution in [-0.2, 0) is 17.9 Å². The molecule has 0 saturated heterocycles. The third kappa shape index (κ3) is 3.15. The SMILES string of the molecule is Cc1[nH]ncc1CNC(=O)c1cn(CC(=O)O)nn1. The number of aryl methyl sites for hydroxylation is 1. The van der Waals surface area contributed by atoms with Crippen molar-refractivity contribution < 1.29 is 14.7 Å². The summed E-state index contributed by atoms with van der Waals surface area (Å²) < 4.78 is 1.08. The van der Waals surface area contributed by atoms with Crippen molar-refractivity contribution in [1.29, 1.82) is 0 Å². The second kappa shape index (κ2) is 5.29. The summed E-state index contributed by atoms with van der Waals surface area (Å²) in [7, 11) is 0. The van der Waals surface area contributed by atoms with E-state index in [2.05, 4.69) is 25.8 Å². The van der Waals surface area contributed by atoms with Crippen LogP contribution in [0.15, 0.2) is 12.4 Å². The second-order valence-corrected chi connectivity index (χ2v) is 3.90. The number of amides is 1. The molecule has 0 aliphatic heterocycles. The largest absolute Gasteiger partial charge is 0.480 e. The van der Waals surface area contributed by atoms with Gasteiger partial charge in [-0.3, -0.25) is 14.7 Å². The van der Waals surface area contributed by atoms with Crippen molar-refractivity contribution in [2.24, 2.45) is 0 Å². The summed E-state index contributed by atoms with van der Waals surface area (Å²) in [6.07, 6.45) is 2.91. The summed E-state index contributed by atoms with van der Waals surface area (Å²) in [5.41, 5.74) is 1.81. The lowest BCUT2D eigenvalue weighted by Gasteiger charge is -2.01. The molecule has 9 heteroatoms. The number of carboxylic acid groups (broad SMARTS) is 1. The lowest BCUT2D eigenvalue weighted by atomic mass is 10.2. The molecule has 100 valence electrons. The number of carboxylic acids is 1. The molecule has 0 unspecified atom stereocenters. The molecule has 2 heterocycles. The highest BCUT2D eigenvalue weighted by molar-refractivity contribution is 5.91. The molecule has 0 radical (unpaired) electrons. The first kappa shape index (κ1) is 12.7. The Morgan fingerprint density at radius 1 is 1.53 bits per heavy atom. The third-order valence-corrected chi connectivity index (χ3v) is 2.44. The number of H-pyrrole nitrogens is 1. The van der Waals surface area contributed by atoms with Crippen LogP contribution >= 0.6 is 0 Å². The van der Waals surface area contributed by atoms with Gasteiger partial charge in [0.2, 0.25) is 0 Å². The van der Waals surface area contributed by atoms with Gasteiger partial charge in [-0.2, -0.15) is 5.10 Å². The predicted molar refractivity (Wildman–Crippen MR) is 62.2 cm³/mol. The zero-order valence-electron chi connectivity index (χ0n) is 10.1. The topological polar surface area (TPSA) is 126 Å². The van der Waals surface area contributed by atoms with Gasteiger partial charge in [0, 0.05) is 17.8 Å². The maximum atomic E-state index is 11.7. The Morgan fingerprint density at radius 3 is 2.95 bits per heavy atom. The highest BCUT2D eigenvalue weighted by atomic mass is 16.4. The Bertz CT molecular complexity index is 602. The number of hydrogen-bond donors (Lipinski definition) is 3. The molecule has 9 nitrogen and oxygen atoms in total. The van der Waals surface area contributed by atoms with E-state index in [0.29, 0.717) is 6.54 Å². The summed E-state index contributed by atoms with van der Waals surface area (Å²) in [5, 5.41) is 25.0. The average molecular weight is 264 g/mol. The van der Waals surface area contributed by atoms with Crippen molar-refractivity contribution in [2.75, 3.05) is 0 Å². The molecule has 0 aliphatic rings. The number of nitrogens with one attached hydrogen (secondary N) is 2. The first-order chi connectivity index (χ1) is 9.06. The fourth-order valence-corrected chi connectivity index (χ4v) is 1.44. The Balaban J connectivity index is 1.94. The quantitative estimate of drug-likeness (QED) is 0.657.